The minimum Gasteiger partial charge on any atom is -0.428 e. The Balaban J connectivity index is 1.60. The van der Waals surface area contributed by atoms with Crippen LogP contribution in [0.3, 0.4) is 0 Å². The Morgan fingerprint density at radius 2 is 1.48 bits per heavy atom. The number of benzene rings is 2. The Morgan fingerprint density at radius 3 is 2.17 bits per heavy atom. The van der Waals surface area contributed by atoms with Gasteiger partial charge in [0, 0.05) is 18.1 Å². The van der Waals surface area contributed by atoms with E-state index in [2.05, 4.69) is 0 Å². The molecule has 0 unspecified atom stereocenters. The Bertz CT molecular complexity index is 907. The van der Waals surface area contributed by atoms with Crippen LogP contribution in [0, 0.1) is 0 Å². The van der Waals surface area contributed by atoms with Crippen molar-refractivity contribution in [3.63, 3.8) is 0 Å². The molecule has 1 N–H and O–H groups in total. The van der Waals surface area contributed by atoms with E-state index >= 15 is 0 Å². The van der Waals surface area contributed by atoms with Crippen molar-refractivity contribution in [2.24, 2.45) is 0 Å². The molecule has 1 aliphatic rings. The molecule has 2 heterocycles. The molecule has 3 aromatic rings. The normalized spacial score (nSPS) is 13.8. The van der Waals surface area contributed by atoms with Gasteiger partial charge < -0.3 is 5.21 Å². The van der Waals surface area contributed by atoms with Crippen LogP contribution in [0.25, 0.3) is 10.9 Å². The fraction of sp³-hybridized carbons (Fsp3) is 0.111. The van der Waals surface area contributed by atoms with E-state index in [-0.39, 0.29) is 11.8 Å². The van der Waals surface area contributed by atoms with E-state index in [0.29, 0.717) is 29.6 Å². The van der Waals surface area contributed by atoms with Crippen LogP contribution in [-0.2, 0) is 6.42 Å². The minimum absolute atomic E-state index is 0.252. The topological polar surface area (TPSA) is 62.5 Å². The van der Waals surface area contributed by atoms with Crippen molar-refractivity contribution in [3.8, 4) is 0 Å². The van der Waals surface area contributed by atoms with Crippen molar-refractivity contribution in [1.29, 1.82) is 0 Å². The van der Waals surface area contributed by atoms with E-state index in [1.165, 1.54) is 4.90 Å². The van der Waals surface area contributed by atoms with Crippen LogP contribution in [0.15, 0.2) is 54.7 Å². The summed E-state index contributed by atoms with van der Waals surface area (Å²) in [6.07, 6.45) is 2.13. The molecule has 5 heteroatoms. The van der Waals surface area contributed by atoms with Gasteiger partial charge in [-0.2, -0.15) is 4.73 Å². The number of nitrogens with zero attached hydrogens (tertiary/aromatic N) is 2. The average molecular weight is 306 g/mol. The molecule has 0 saturated carbocycles. The molecular weight excluding hydrogens is 292 g/mol. The smallest absolute Gasteiger partial charge is 0.261 e. The predicted octanol–water partition coefficient (Wildman–Crippen LogP) is 2.72. The molecule has 0 aliphatic carbocycles. The number of rotatable bonds is 3. The minimum atomic E-state index is -0.252. The van der Waals surface area contributed by atoms with Gasteiger partial charge in [-0.15, -0.1) is 0 Å². The highest BCUT2D eigenvalue weighted by molar-refractivity contribution is 6.21. The Kier molecular flexibility index (Phi) is 2.94. The maximum atomic E-state index is 12.3. The van der Waals surface area contributed by atoms with Gasteiger partial charge in [0.2, 0.25) is 0 Å². The van der Waals surface area contributed by atoms with E-state index in [1.54, 1.807) is 30.5 Å². The van der Waals surface area contributed by atoms with Gasteiger partial charge >= 0.3 is 0 Å². The third kappa shape index (κ3) is 2.01. The number of carbonyl (C=O) groups excluding carboxylic acids is 2. The second kappa shape index (κ2) is 4.98. The quantitative estimate of drug-likeness (QED) is 0.598. The zero-order chi connectivity index (χ0) is 16.0. The van der Waals surface area contributed by atoms with Gasteiger partial charge in [-0.25, -0.2) is 0 Å². The monoisotopic (exact) mass is 306 g/mol. The van der Waals surface area contributed by atoms with Gasteiger partial charge in [-0.05, 0) is 30.2 Å². The maximum Gasteiger partial charge on any atom is 0.261 e. The first-order valence-corrected chi connectivity index (χ1v) is 7.40. The van der Waals surface area contributed by atoms with Crippen LogP contribution < -0.4 is 0 Å². The van der Waals surface area contributed by atoms with Gasteiger partial charge in [0.05, 0.1) is 16.6 Å². The molecule has 4 rings (SSSR count). The molecule has 114 valence electrons. The Labute approximate surface area is 132 Å². The van der Waals surface area contributed by atoms with Gasteiger partial charge in [0.15, 0.2) is 0 Å². The van der Waals surface area contributed by atoms with Gasteiger partial charge in [-0.1, -0.05) is 30.3 Å². The first kappa shape index (κ1) is 13.6. The summed E-state index contributed by atoms with van der Waals surface area (Å²) in [5.41, 5.74) is 2.54. The number of amides is 2. The maximum absolute atomic E-state index is 12.3. The van der Waals surface area contributed by atoms with Crippen LogP contribution >= 0.6 is 0 Å². The second-order valence-electron chi connectivity index (χ2n) is 5.57. The van der Waals surface area contributed by atoms with Crippen molar-refractivity contribution in [2.45, 2.75) is 6.42 Å². The second-order valence-corrected chi connectivity index (χ2v) is 5.57. The molecular formula is C18H14N2O3. The molecule has 1 aliphatic heterocycles. The molecule has 2 amide bonds. The summed E-state index contributed by atoms with van der Waals surface area (Å²) >= 11 is 0. The van der Waals surface area contributed by atoms with Crippen LogP contribution in [0.1, 0.15) is 26.3 Å². The standard InChI is InChI=1S/C18H14N2O3/c21-17-14-6-1-2-7-15(14)18(22)19(17)10-9-12-11-20(23)16-8-4-3-5-13(12)16/h1-8,11,23H,9-10H2. The van der Waals surface area contributed by atoms with Crippen LogP contribution in [-0.4, -0.2) is 33.2 Å². The van der Waals surface area contributed by atoms with Gasteiger partial charge in [0.25, 0.3) is 11.8 Å². The number of fused-ring (bicyclic) bond motifs is 2. The van der Waals surface area contributed by atoms with Crippen molar-refractivity contribution >= 4 is 22.7 Å². The highest BCUT2D eigenvalue weighted by atomic mass is 16.5. The first-order chi connectivity index (χ1) is 11.2. The lowest BCUT2D eigenvalue weighted by Gasteiger charge is -2.13. The highest BCUT2D eigenvalue weighted by Crippen LogP contribution is 2.24. The van der Waals surface area contributed by atoms with E-state index in [1.807, 2.05) is 24.3 Å². The largest absolute Gasteiger partial charge is 0.428 e. The summed E-state index contributed by atoms with van der Waals surface area (Å²) in [6, 6.07) is 14.3. The number of imide groups is 1. The fourth-order valence-corrected chi connectivity index (χ4v) is 3.11. The van der Waals surface area contributed by atoms with E-state index < -0.39 is 0 Å². The number of para-hydroxylation sites is 1. The summed E-state index contributed by atoms with van der Waals surface area (Å²) in [5.74, 6) is -0.503. The fourth-order valence-electron chi connectivity index (χ4n) is 3.11. The van der Waals surface area contributed by atoms with Crippen molar-refractivity contribution in [1.82, 2.24) is 9.63 Å². The SMILES string of the molecule is O=C1c2ccccc2C(=O)N1CCc1cn(O)c2ccccc12. The summed E-state index contributed by atoms with van der Waals surface area (Å²) in [6.45, 7) is 0.292. The summed E-state index contributed by atoms with van der Waals surface area (Å²) in [4.78, 5) is 26.0. The predicted molar refractivity (Wildman–Crippen MR) is 84.6 cm³/mol. The third-order valence-corrected chi connectivity index (χ3v) is 4.26. The summed E-state index contributed by atoms with van der Waals surface area (Å²) < 4.78 is 1.08. The zero-order valence-electron chi connectivity index (χ0n) is 12.3. The number of carbonyl (C=O) groups is 2. The summed E-state index contributed by atoms with van der Waals surface area (Å²) in [7, 11) is 0. The summed E-state index contributed by atoms with van der Waals surface area (Å²) in [5, 5.41) is 10.8. The van der Waals surface area contributed by atoms with E-state index in [4.69, 9.17) is 0 Å². The van der Waals surface area contributed by atoms with Gasteiger partial charge in [-0.3, -0.25) is 14.5 Å². The van der Waals surface area contributed by atoms with E-state index in [9.17, 15) is 14.8 Å². The molecule has 2 aromatic carbocycles. The molecule has 0 radical (unpaired) electrons. The molecule has 0 spiro atoms. The Hall–Kier alpha value is -3.08. The number of aromatic nitrogens is 1. The molecule has 0 atom stereocenters. The van der Waals surface area contributed by atoms with Crippen molar-refractivity contribution < 1.29 is 14.8 Å². The average Bonchev–Trinajstić information content (AvgIpc) is 3.03. The zero-order valence-corrected chi connectivity index (χ0v) is 12.3. The lowest BCUT2D eigenvalue weighted by Crippen LogP contribution is -2.31. The first-order valence-electron chi connectivity index (χ1n) is 7.40. The van der Waals surface area contributed by atoms with E-state index in [0.717, 1.165) is 15.7 Å². The van der Waals surface area contributed by atoms with Gasteiger partial charge in [0.1, 0.15) is 0 Å². The molecule has 5 nitrogen and oxygen atoms in total. The molecule has 0 fully saturated rings. The molecule has 0 saturated heterocycles. The van der Waals surface area contributed by atoms with Crippen molar-refractivity contribution in [2.75, 3.05) is 6.54 Å². The number of hydrogen-bond donors (Lipinski definition) is 1. The molecule has 0 bridgehead atoms. The third-order valence-electron chi connectivity index (χ3n) is 4.26. The highest BCUT2D eigenvalue weighted by Gasteiger charge is 2.34. The molecule has 23 heavy (non-hydrogen) atoms. The van der Waals surface area contributed by atoms with Crippen LogP contribution in [0.4, 0.5) is 0 Å². The Morgan fingerprint density at radius 1 is 0.870 bits per heavy atom. The number of hydrogen-bond acceptors (Lipinski definition) is 3. The van der Waals surface area contributed by atoms with Crippen LogP contribution in [0.5, 0.6) is 0 Å². The molecule has 1 aromatic heterocycles. The van der Waals surface area contributed by atoms with Crippen LogP contribution in [0.2, 0.25) is 0 Å². The lowest BCUT2D eigenvalue weighted by atomic mass is 10.1. The van der Waals surface area contributed by atoms with Crippen molar-refractivity contribution in [3.05, 3.63) is 71.4 Å². The lowest BCUT2D eigenvalue weighted by molar-refractivity contribution is 0.0656.